The zero-order chi connectivity index (χ0) is 9.42. The molecule has 0 radical (unpaired) electrons. The summed E-state index contributed by atoms with van der Waals surface area (Å²) in [5.41, 5.74) is 1.32. The molecule has 0 saturated heterocycles. The third-order valence-corrected chi connectivity index (χ3v) is 2.89. The fraction of sp³-hybridized carbons (Fsp3) is 0.111. The summed E-state index contributed by atoms with van der Waals surface area (Å²) < 4.78 is 0. The van der Waals surface area contributed by atoms with Gasteiger partial charge in [-0.25, -0.2) is 4.99 Å². The van der Waals surface area contributed by atoms with Crippen molar-refractivity contribution in [3.63, 3.8) is 0 Å². The standard InChI is InChI=1S/C9H6ClNOS/c1-13-6-4-2-3-5-7(6)8(12)9(10)11-5/h2-4H,1H3. The molecule has 2 nitrogen and oxygen atoms in total. The van der Waals surface area contributed by atoms with E-state index in [-0.39, 0.29) is 11.0 Å². The number of hydrogen-bond acceptors (Lipinski definition) is 3. The Morgan fingerprint density at radius 1 is 1.46 bits per heavy atom. The van der Waals surface area contributed by atoms with Crippen molar-refractivity contribution in [1.82, 2.24) is 0 Å². The van der Waals surface area contributed by atoms with Crippen molar-refractivity contribution in [1.29, 1.82) is 0 Å². The lowest BCUT2D eigenvalue weighted by molar-refractivity contribution is 0.107. The number of rotatable bonds is 1. The van der Waals surface area contributed by atoms with Crippen molar-refractivity contribution < 1.29 is 4.79 Å². The minimum Gasteiger partial charge on any atom is -0.286 e. The number of carbonyl (C=O) groups excluding carboxylic acids is 1. The fourth-order valence-corrected chi connectivity index (χ4v) is 2.07. The highest BCUT2D eigenvalue weighted by atomic mass is 35.5. The average Bonchev–Trinajstić information content (AvgIpc) is 2.43. The number of carbonyl (C=O) groups is 1. The number of aliphatic imine (C=N–C) groups is 1. The molecule has 1 aliphatic heterocycles. The predicted molar refractivity (Wildman–Crippen MR) is 55.5 cm³/mol. The normalized spacial score (nSPS) is 14.3. The number of Topliss-reactive ketones (excluding diaryl/α,β-unsaturated/α-hetero) is 1. The molecule has 0 N–H and O–H groups in total. The lowest BCUT2D eigenvalue weighted by atomic mass is 10.1. The molecule has 1 aromatic carbocycles. The third-order valence-electron chi connectivity index (χ3n) is 1.86. The van der Waals surface area contributed by atoms with E-state index in [0.29, 0.717) is 11.3 Å². The molecule has 1 aromatic rings. The van der Waals surface area contributed by atoms with Crippen LogP contribution in [0.1, 0.15) is 10.4 Å². The maximum atomic E-state index is 11.5. The molecule has 0 unspecified atom stereocenters. The Labute approximate surface area is 85.0 Å². The van der Waals surface area contributed by atoms with Crippen LogP contribution in [0.2, 0.25) is 0 Å². The summed E-state index contributed by atoms with van der Waals surface area (Å²) in [7, 11) is 0. The molecule has 0 aliphatic carbocycles. The molecule has 66 valence electrons. The first-order valence-corrected chi connectivity index (χ1v) is 5.30. The summed E-state index contributed by atoms with van der Waals surface area (Å²) in [6.07, 6.45) is 1.93. The lowest BCUT2D eigenvalue weighted by Gasteiger charge is -2.01. The van der Waals surface area contributed by atoms with Crippen molar-refractivity contribution in [3.8, 4) is 0 Å². The second-order valence-electron chi connectivity index (χ2n) is 2.59. The van der Waals surface area contributed by atoms with Gasteiger partial charge >= 0.3 is 0 Å². The molecule has 0 atom stereocenters. The number of fused-ring (bicyclic) bond motifs is 1. The Morgan fingerprint density at radius 3 is 2.92 bits per heavy atom. The molecule has 0 spiro atoms. The molecule has 1 heterocycles. The fourth-order valence-electron chi connectivity index (χ4n) is 1.27. The second kappa shape index (κ2) is 3.16. The van der Waals surface area contributed by atoms with E-state index in [9.17, 15) is 4.79 Å². The van der Waals surface area contributed by atoms with E-state index in [1.165, 1.54) is 11.8 Å². The molecule has 0 amide bonds. The van der Waals surface area contributed by atoms with Crippen LogP contribution in [0.3, 0.4) is 0 Å². The van der Waals surface area contributed by atoms with Crippen molar-refractivity contribution in [2.45, 2.75) is 4.90 Å². The van der Waals surface area contributed by atoms with Crippen LogP contribution in [-0.4, -0.2) is 17.2 Å². The molecule has 0 aromatic heterocycles. The molecule has 0 fully saturated rings. The van der Waals surface area contributed by atoms with Gasteiger partial charge in [-0.3, -0.25) is 4.79 Å². The quantitative estimate of drug-likeness (QED) is 0.669. The van der Waals surface area contributed by atoms with Gasteiger partial charge in [0.1, 0.15) is 0 Å². The second-order valence-corrected chi connectivity index (χ2v) is 3.79. The average molecular weight is 212 g/mol. The van der Waals surface area contributed by atoms with Crippen molar-refractivity contribution in [2.24, 2.45) is 4.99 Å². The van der Waals surface area contributed by atoms with Gasteiger partial charge in [0, 0.05) is 4.90 Å². The Hall–Kier alpha value is -0.800. The van der Waals surface area contributed by atoms with E-state index in [1.807, 2.05) is 18.4 Å². The van der Waals surface area contributed by atoms with Gasteiger partial charge in [-0.1, -0.05) is 17.7 Å². The van der Waals surface area contributed by atoms with Crippen LogP contribution in [-0.2, 0) is 0 Å². The molecule has 0 bridgehead atoms. The highest BCUT2D eigenvalue weighted by Crippen LogP contribution is 2.34. The van der Waals surface area contributed by atoms with E-state index in [1.54, 1.807) is 6.07 Å². The summed E-state index contributed by atoms with van der Waals surface area (Å²) in [5, 5.41) is 0.0662. The third kappa shape index (κ3) is 1.28. The topological polar surface area (TPSA) is 29.4 Å². The van der Waals surface area contributed by atoms with Gasteiger partial charge in [0.05, 0.1) is 11.3 Å². The number of ketones is 1. The first-order chi connectivity index (χ1) is 6.24. The lowest BCUT2D eigenvalue weighted by Crippen LogP contribution is -2.02. The zero-order valence-electron chi connectivity index (χ0n) is 6.87. The Bertz CT molecular complexity index is 414. The number of halogens is 1. The smallest absolute Gasteiger partial charge is 0.226 e. The van der Waals surface area contributed by atoms with E-state index in [2.05, 4.69) is 4.99 Å². The Kier molecular flexibility index (Phi) is 2.14. The molecule has 4 heteroatoms. The highest BCUT2D eigenvalue weighted by Gasteiger charge is 2.25. The summed E-state index contributed by atoms with van der Waals surface area (Å²) in [6, 6.07) is 5.56. The van der Waals surface area contributed by atoms with Crippen molar-refractivity contribution >= 4 is 40.0 Å². The van der Waals surface area contributed by atoms with Crippen LogP contribution in [0.15, 0.2) is 28.1 Å². The van der Waals surface area contributed by atoms with Gasteiger partial charge in [0.25, 0.3) is 0 Å². The maximum absolute atomic E-state index is 11.5. The molecule has 2 rings (SSSR count). The zero-order valence-corrected chi connectivity index (χ0v) is 8.45. The largest absolute Gasteiger partial charge is 0.286 e. The SMILES string of the molecule is CSc1cccc2c1C(=O)C(Cl)=N2. The van der Waals surface area contributed by atoms with E-state index >= 15 is 0 Å². The van der Waals surface area contributed by atoms with Crippen molar-refractivity contribution in [3.05, 3.63) is 23.8 Å². The maximum Gasteiger partial charge on any atom is 0.226 e. The summed E-state index contributed by atoms with van der Waals surface area (Å²) in [4.78, 5) is 16.4. The highest BCUT2D eigenvalue weighted by molar-refractivity contribution is 7.98. The first-order valence-electron chi connectivity index (χ1n) is 3.70. The summed E-state index contributed by atoms with van der Waals surface area (Å²) in [6.45, 7) is 0. The van der Waals surface area contributed by atoms with Crippen molar-refractivity contribution in [2.75, 3.05) is 6.26 Å². The number of nitrogens with zero attached hydrogens (tertiary/aromatic N) is 1. The molecule has 13 heavy (non-hydrogen) atoms. The molecular weight excluding hydrogens is 206 g/mol. The number of benzene rings is 1. The van der Waals surface area contributed by atoms with Gasteiger partial charge in [0.15, 0.2) is 5.17 Å². The summed E-state index contributed by atoms with van der Waals surface area (Å²) in [5.74, 6) is -0.165. The van der Waals surface area contributed by atoms with Crippen LogP contribution in [0.25, 0.3) is 0 Å². The minimum absolute atomic E-state index is 0.0662. The Balaban J connectivity index is 2.65. The van der Waals surface area contributed by atoms with Crippen LogP contribution in [0.5, 0.6) is 0 Å². The summed E-state index contributed by atoms with van der Waals surface area (Å²) >= 11 is 7.18. The number of thioether (sulfide) groups is 1. The first kappa shape index (κ1) is 8.78. The Morgan fingerprint density at radius 2 is 2.23 bits per heavy atom. The molecule has 0 saturated carbocycles. The van der Waals surface area contributed by atoms with Gasteiger partial charge < -0.3 is 0 Å². The van der Waals surface area contributed by atoms with Crippen LogP contribution in [0.4, 0.5) is 5.69 Å². The predicted octanol–water partition coefficient (Wildman–Crippen LogP) is 2.87. The molecular formula is C9H6ClNOS. The van der Waals surface area contributed by atoms with Gasteiger partial charge in [0.2, 0.25) is 5.78 Å². The van der Waals surface area contributed by atoms with Crippen LogP contribution < -0.4 is 0 Å². The molecule has 1 aliphatic rings. The van der Waals surface area contributed by atoms with Crippen LogP contribution in [0, 0.1) is 0 Å². The van der Waals surface area contributed by atoms with Gasteiger partial charge in [-0.05, 0) is 18.4 Å². The van der Waals surface area contributed by atoms with E-state index in [4.69, 9.17) is 11.6 Å². The minimum atomic E-state index is -0.165. The van der Waals surface area contributed by atoms with E-state index < -0.39 is 0 Å². The number of hydrogen-bond donors (Lipinski definition) is 0. The van der Waals surface area contributed by atoms with Gasteiger partial charge in [-0.15, -0.1) is 11.8 Å². The van der Waals surface area contributed by atoms with Crippen LogP contribution >= 0.6 is 23.4 Å². The van der Waals surface area contributed by atoms with Gasteiger partial charge in [-0.2, -0.15) is 0 Å². The van der Waals surface area contributed by atoms with E-state index in [0.717, 1.165) is 4.90 Å². The monoisotopic (exact) mass is 211 g/mol.